The normalized spacial score (nSPS) is 20.5. The van der Waals surface area contributed by atoms with Gasteiger partial charge in [-0.1, -0.05) is 13.0 Å². The summed E-state index contributed by atoms with van der Waals surface area (Å²) in [6, 6.07) is 8.63. The standard InChI is InChI=1S/C23H33N3O5S2/c1-16-13-26(17(2)15-27)22(28)12-18-11-19(24(3)4)8-9-20(18)31-21(16)14-25(5)33(29,30)23-7-6-10-32-23/h6-11,16-17,21,27H,12-15H2,1-5H3/t16-,17-,21+/m1/s1. The van der Waals surface area contributed by atoms with E-state index in [1.54, 1.807) is 29.5 Å². The largest absolute Gasteiger partial charge is 0.488 e. The Balaban J connectivity index is 1.98. The first-order valence-electron chi connectivity index (χ1n) is 10.9. The summed E-state index contributed by atoms with van der Waals surface area (Å²) >= 11 is 1.18. The average molecular weight is 496 g/mol. The zero-order valence-corrected chi connectivity index (χ0v) is 21.4. The molecule has 1 amide bonds. The number of benzene rings is 1. The van der Waals surface area contributed by atoms with Gasteiger partial charge in [0.15, 0.2) is 0 Å². The Labute approximate surface area is 200 Å². The molecule has 0 fully saturated rings. The van der Waals surface area contributed by atoms with Crippen LogP contribution in [0.25, 0.3) is 0 Å². The quantitative estimate of drug-likeness (QED) is 0.634. The van der Waals surface area contributed by atoms with Crippen molar-refractivity contribution in [3.05, 3.63) is 41.3 Å². The Morgan fingerprint density at radius 3 is 2.61 bits per heavy atom. The number of fused-ring (bicyclic) bond motifs is 1. The van der Waals surface area contributed by atoms with Crippen LogP contribution in [0.5, 0.6) is 5.75 Å². The fraction of sp³-hybridized carbons (Fsp3) is 0.522. The van der Waals surface area contributed by atoms with Crippen LogP contribution in [0.4, 0.5) is 5.69 Å². The van der Waals surface area contributed by atoms with Crippen LogP contribution in [0.3, 0.4) is 0 Å². The number of amides is 1. The van der Waals surface area contributed by atoms with E-state index in [2.05, 4.69) is 0 Å². The number of thiophene rings is 1. The molecule has 0 saturated heterocycles. The van der Waals surface area contributed by atoms with Gasteiger partial charge in [-0.05, 0) is 36.6 Å². The van der Waals surface area contributed by atoms with E-state index in [1.807, 2.05) is 51.0 Å². The Hall–Kier alpha value is -2.14. The number of aliphatic hydroxyl groups excluding tert-OH is 1. The van der Waals surface area contributed by atoms with Crippen molar-refractivity contribution in [2.45, 2.75) is 36.6 Å². The molecular weight excluding hydrogens is 462 g/mol. The molecule has 3 rings (SSSR count). The van der Waals surface area contributed by atoms with Gasteiger partial charge in [0.2, 0.25) is 5.91 Å². The van der Waals surface area contributed by atoms with Crippen LogP contribution in [0.1, 0.15) is 19.4 Å². The highest BCUT2D eigenvalue weighted by Crippen LogP contribution is 2.30. The van der Waals surface area contributed by atoms with Crippen LogP contribution in [0.15, 0.2) is 39.9 Å². The van der Waals surface area contributed by atoms with E-state index >= 15 is 0 Å². The van der Waals surface area contributed by atoms with Gasteiger partial charge < -0.3 is 19.6 Å². The number of sulfonamides is 1. The molecule has 1 aliphatic rings. The number of rotatable bonds is 7. The van der Waals surface area contributed by atoms with Gasteiger partial charge in [0, 0.05) is 44.9 Å². The highest BCUT2D eigenvalue weighted by Gasteiger charge is 2.33. The lowest BCUT2D eigenvalue weighted by Gasteiger charge is -2.33. The molecule has 33 heavy (non-hydrogen) atoms. The summed E-state index contributed by atoms with van der Waals surface area (Å²) in [6.07, 6.45) is -0.350. The predicted molar refractivity (Wildman–Crippen MR) is 130 cm³/mol. The summed E-state index contributed by atoms with van der Waals surface area (Å²) < 4.78 is 34.0. The lowest BCUT2D eigenvalue weighted by atomic mass is 10.0. The second-order valence-electron chi connectivity index (χ2n) is 8.79. The lowest BCUT2D eigenvalue weighted by Crippen LogP contribution is -2.48. The molecule has 1 aromatic heterocycles. The molecule has 1 N–H and O–H groups in total. The Morgan fingerprint density at radius 2 is 2.00 bits per heavy atom. The van der Waals surface area contributed by atoms with E-state index in [-0.39, 0.29) is 41.6 Å². The number of aliphatic hydroxyl groups is 1. The molecule has 2 heterocycles. The second-order valence-corrected chi connectivity index (χ2v) is 12.0. The second kappa shape index (κ2) is 10.4. The van der Waals surface area contributed by atoms with Crippen molar-refractivity contribution in [1.82, 2.24) is 9.21 Å². The fourth-order valence-electron chi connectivity index (χ4n) is 3.83. The predicted octanol–water partition coefficient (Wildman–Crippen LogP) is 2.28. The highest BCUT2D eigenvalue weighted by atomic mass is 32.2. The number of anilines is 1. The average Bonchev–Trinajstić information content (AvgIpc) is 3.33. The van der Waals surface area contributed by atoms with Gasteiger partial charge in [-0.15, -0.1) is 11.3 Å². The van der Waals surface area contributed by atoms with Gasteiger partial charge >= 0.3 is 0 Å². The molecular formula is C23H33N3O5S2. The van der Waals surface area contributed by atoms with Crippen LogP contribution in [0, 0.1) is 5.92 Å². The van der Waals surface area contributed by atoms with E-state index in [0.29, 0.717) is 12.3 Å². The first-order chi connectivity index (χ1) is 15.5. The maximum absolute atomic E-state index is 13.2. The summed E-state index contributed by atoms with van der Waals surface area (Å²) in [5, 5.41) is 11.5. The maximum Gasteiger partial charge on any atom is 0.252 e. The van der Waals surface area contributed by atoms with Gasteiger partial charge in [0.25, 0.3) is 10.0 Å². The molecule has 10 heteroatoms. The van der Waals surface area contributed by atoms with Crippen molar-refractivity contribution in [1.29, 1.82) is 0 Å². The van der Waals surface area contributed by atoms with E-state index in [9.17, 15) is 18.3 Å². The van der Waals surface area contributed by atoms with Crippen LogP contribution < -0.4 is 9.64 Å². The third-order valence-electron chi connectivity index (χ3n) is 6.01. The summed E-state index contributed by atoms with van der Waals surface area (Å²) in [4.78, 5) is 16.8. The van der Waals surface area contributed by atoms with Gasteiger partial charge in [0.1, 0.15) is 16.1 Å². The molecule has 0 aliphatic carbocycles. The van der Waals surface area contributed by atoms with E-state index in [4.69, 9.17) is 4.74 Å². The van der Waals surface area contributed by atoms with Gasteiger partial charge in [-0.2, -0.15) is 4.31 Å². The molecule has 1 aromatic carbocycles. The molecule has 0 spiro atoms. The maximum atomic E-state index is 13.2. The zero-order valence-electron chi connectivity index (χ0n) is 19.8. The molecule has 2 aromatic rings. The minimum Gasteiger partial charge on any atom is -0.488 e. The van der Waals surface area contributed by atoms with Gasteiger partial charge in [-0.3, -0.25) is 4.79 Å². The lowest BCUT2D eigenvalue weighted by molar-refractivity contribution is -0.134. The topological polar surface area (TPSA) is 90.4 Å². The molecule has 3 atom stereocenters. The van der Waals surface area contributed by atoms with Crippen molar-refractivity contribution in [2.24, 2.45) is 5.92 Å². The number of carbonyl (C=O) groups is 1. The highest BCUT2D eigenvalue weighted by molar-refractivity contribution is 7.91. The van der Waals surface area contributed by atoms with Crippen molar-refractivity contribution < 1.29 is 23.1 Å². The minimum absolute atomic E-state index is 0.0932. The summed E-state index contributed by atoms with van der Waals surface area (Å²) in [6.45, 7) is 4.09. The van der Waals surface area contributed by atoms with Crippen molar-refractivity contribution in [2.75, 3.05) is 45.7 Å². The molecule has 0 radical (unpaired) electrons. The van der Waals surface area contributed by atoms with Crippen LogP contribution in [-0.2, 0) is 21.2 Å². The van der Waals surface area contributed by atoms with Crippen LogP contribution in [0.2, 0.25) is 0 Å². The fourth-order valence-corrected chi connectivity index (χ4v) is 6.21. The smallest absolute Gasteiger partial charge is 0.252 e. The SMILES string of the molecule is C[C@@H]1CN([C@H](C)CO)C(=O)Cc2cc(N(C)C)ccc2O[C@H]1CN(C)S(=O)(=O)c1cccs1. The van der Waals surface area contributed by atoms with Crippen molar-refractivity contribution in [3.63, 3.8) is 0 Å². The summed E-state index contributed by atoms with van der Waals surface area (Å²) in [5.41, 5.74) is 1.68. The first kappa shape index (κ1) is 25.5. The number of carbonyl (C=O) groups excluding carboxylic acids is 1. The molecule has 0 saturated carbocycles. The van der Waals surface area contributed by atoms with Gasteiger partial charge in [0.05, 0.1) is 25.6 Å². The molecule has 8 nitrogen and oxygen atoms in total. The molecule has 1 aliphatic heterocycles. The van der Waals surface area contributed by atoms with Crippen molar-refractivity contribution >= 4 is 33.0 Å². The zero-order chi connectivity index (χ0) is 24.3. The van der Waals surface area contributed by atoms with E-state index in [1.165, 1.54) is 15.6 Å². The van der Waals surface area contributed by atoms with Gasteiger partial charge in [-0.25, -0.2) is 8.42 Å². The summed E-state index contributed by atoms with van der Waals surface area (Å²) in [7, 11) is 1.76. The Bertz CT molecular complexity index is 1060. The number of likely N-dealkylation sites (N-methyl/N-ethyl adjacent to an activating group) is 1. The van der Waals surface area contributed by atoms with Crippen LogP contribution >= 0.6 is 11.3 Å². The third kappa shape index (κ3) is 5.68. The third-order valence-corrected chi connectivity index (χ3v) is 9.21. The number of hydrogen-bond donors (Lipinski definition) is 1. The molecule has 0 bridgehead atoms. The number of hydrogen-bond acceptors (Lipinski definition) is 7. The van der Waals surface area contributed by atoms with Crippen LogP contribution in [-0.4, -0.2) is 81.6 Å². The monoisotopic (exact) mass is 495 g/mol. The van der Waals surface area contributed by atoms with E-state index in [0.717, 1.165) is 11.3 Å². The molecule has 0 unspecified atom stereocenters. The van der Waals surface area contributed by atoms with E-state index < -0.39 is 16.1 Å². The minimum atomic E-state index is -3.64. The number of nitrogens with zero attached hydrogens (tertiary/aromatic N) is 3. The Morgan fingerprint density at radius 1 is 1.27 bits per heavy atom. The molecule has 182 valence electrons. The summed E-state index contributed by atoms with van der Waals surface area (Å²) in [5.74, 6) is 0.305. The first-order valence-corrected chi connectivity index (χ1v) is 13.2. The number of ether oxygens (including phenoxy) is 1. The Kier molecular flexibility index (Phi) is 8.04. The van der Waals surface area contributed by atoms with Crippen molar-refractivity contribution in [3.8, 4) is 5.75 Å².